The van der Waals surface area contributed by atoms with Gasteiger partial charge in [0.05, 0.1) is 0 Å². The number of rotatable bonds is 7. The average molecular weight is 327 g/mol. The first kappa shape index (κ1) is 16.5. The van der Waals surface area contributed by atoms with Crippen LogP contribution in [0.25, 0.3) is 0 Å². The summed E-state index contributed by atoms with van der Waals surface area (Å²) in [5, 5.41) is 0. The molecule has 3 heteroatoms. The zero-order valence-corrected chi connectivity index (χ0v) is 14.2. The predicted molar refractivity (Wildman–Crippen MR) is 88.6 cm³/mol. The van der Waals surface area contributed by atoms with Gasteiger partial charge < -0.3 is 10.6 Å². The normalized spacial score (nSPS) is 11.4. The van der Waals surface area contributed by atoms with Crippen molar-refractivity contribution in [2.75, 3.05) is 11.4 Å². The third kappa shape index (κ3) is 4.81. The SMILES string of the molecule is CCC(CC)N(CC(C)C)c1cc(Br)cc(CN)c1. The maximum absolute atomic E-state index is 5.79. The maximum Gasteiger partial charge on any atom is 0.0383 e. The standard InChI is InChI=1S/C16H27BrN2/c1-5-15(6-2)19(11-12(3)4)16-8-13(10-18)7-14(17)9-16/h7-9,12,15H,5-6,10-11,18H2,1-4H3. The van der Waals surface area contributed by atoms with Gasteiger partial charge in [-0.25, -0.2) is 0 Å². The van der Waals surface area contributed by atoms with E-state index in [1.807, 2.05) is 0 Å². The van der Waals surface area contributed by atoms with Crippen molar-refractivity contribution in [2.45, 2.75) is 53.1 Å². The van der Waals surface area contributed by atoms with E-state index in [9.17, 15) is 0 Å². The largest absolute Gasteiger partial charge is 0.368 e. The van der Waals surface area contributed by atoms with Crippen molar-refractivity contribution in [1.82, 2.24) is 0 Å². The van der Waals surface area contributed by atoms with Crippen LogP contribution in [-0.4, -0.2) is 12.6 Å². The van der Waals surface area contributed by atoms with Gasteiger partial charge in [-0.1, -0.05) is 43.6 Å². The van der Waals surface area contributed by atoms with Crippen LogP contribution in [0.1, 0.15) is 46.1 Å². The molecular formula is C16H27BrN2. The van der Waals surface area contributed by atoms with Crippen LogP contribution in [0.5, 0.6) is 0 Å². The monoisotopic (exact) mass is 326 g/mol. The first-order chi connectivity index (χ1) is 9.01. The number of nitrogens with zero attached hydrogens (tertiary/aromatic N) is 1. The number of hydrogen-bond acceptors (Lipinski definition) is 2. The summed E-state index contributed by atoms with van der Waals surface area (Å²) in [4.78, 5) is 2.54. The van der Waals surface area contributed by atoms with Crippen molar-refractivity contribution in [3.8, 4) is 0 Å². The van der Waals surface area contributed by atoms with Gasteiger partial charge in [-0.05, 0) is 42.5 Å². The minimum absolute atomic E-state index is 0.588. The zero-order valence-electron chi connectivity index (χ0n) is 12.6. The molecule has 0 unspecified atom stereocenters. The lowest BCUT2D eigenvalue weighted by Gasteiger charge is -2.34. The number of halogens is 1. The second kappa shape index (κ2) is 7.91. The van der Waals surface area contributed by atoms with Gasteiger partial charge in [0.25, 0.3) is 0 Å². The molecule has 2 nitrogen and oxygen atoms in total. The Balaban J connectivity index is 3.11. The molecule has 0 aromatic heterocycles. The van der Waals surface area contributed by atoms with Crippen LogP contribution < -0.4 is 10.6 Å². The molecule has 2 N–H and O–H groups in total. The molecule has 0 amide bonds. The zero-order chi connectivity index (χ0) is 14.4. The first-order valence-corrected chi connectivity index (χ1v) is 8.07. The van der Waals surface area contributed by atoms with Gasteiger partial charge in [0.15, 0.2) is 0 Å². The summed E-state index contributed by atoms with van der Waals surface area (Å²) in [5.41, 5.74) is 8.26. The molecule has 0 atom stereocenters. The Morgan fingerprint density at radius 1 is 1.16 bits per heavy atom. The van der Waals surface area contributed by atoms with Crippen LogP contribution in [-0.2, 0) is 6.54 Å². The minimum Gasteiger partial charge on any atom is -0.368 e. The fourth-order valence-electron chi connectivity index (χ4n) is 2.51. The molecular weight excluding hydrogens is 300 g/mol. The van der Waals surface area contributed by atoms with Crippen LogP contribution in [0.15, 0.2) is 22.7 Å². The first-order valence-electron chi connectivity index (χ1n) is 7.27. The molecule has 0 heterocycles. The van der Waals surface area contributed by atoms with E-state index in [1.165, 1.54) is 24.1 Å². The van der Waals surface area contributed by atoms with Gasteiger partial charge in [-0.2, -0.15) is 0 Å². The summed E-state index contributed by atoms with van der Waals surface area (Å²) in [6, 6.07) is 7.14. The fourth-order valence-corrected chi connectivity index (χ4v) is 3.03. The van der Waals surface area contributed by atoms with Gasteiger partial charge in [0.1, 0.15) is 0 Å². The maximum atomic E-state index is 5.79. The molecule has 108 valence electrons. The van der Waals surface area contributed by atoms with Crippen molar-refractivity contribution < 1.29 is 0 Å². The minimum atomic E-state index is 0.588. The highest BCUT2D eigenvalue weighted by Crippen LogP contribution is 2.27. The van der Waals surface area contributed by atoms with Crippen LogP contribution in [0.2, 0.25) is 0 Å². The second-order valence-electron chi connectivity index (χ2n) is 5.54. The Hall–Kier alpha value is -0.540. The molecule has 0 radical (unpaired) electrons. The molecule has 0 bridgehead atoms. The molecule has 0 saturated carbocycles. The molecule has 1 aromatic carbocycles. The number of nitrogens with two attached hydrogens (primary N) is 1. The van der Waals surface area contributed by atoms with Gasteiger partial charge in [0.2, 0.25) is 0 Å². The highest BCUT2D eigenvalue weighted by molar-refractivity contribution is 9.10. The Kier molecular flexibility index (Phi) is 6.87. The number of hydrogen-bond donors (Lipinski definition) is 1. The Morgan fingerprint density at radius 2 is 1.79 bits per heavy atom. The lowest BCUT2D eigenvalue weighted by molar-refractivity contribution is 0.507. The van der Waals surface area contributed by atoms with E-state index in [0.29, 0.717) is 18.5 Å². The van der Waals surface area contributed by atoms with E-state index in [2.05, 4.69) is 66.7 Å². The quantitative estimate of drug-likeness (QED) is 0.795. The van der Waals surface area contributed by atoms with Crippen LogP contribution in [0.4, 0.5) is 5.69 Å². The summed E-state index contributed by atoms with van der Waals surface area (Å²) in [7, 11) is 0. The highest BCUT2D eigenvalue weighted by atomic mass is 79.9. The van der Waals surface area contributed by atoms with E-state index in [0.717, 1.165) is 11.0 Å². The summed E-state index contributed by atoms with van der Waals surface area (Å²) in [6.07, 6.45) is 2.35. The van der Waals surface area contributed by atoms with Crippen molar-refractivity contribution in [1.29, 1.82) is 0 Å². The van der Waals surface area contributed by atoms with Crippen molar-refractivity contribution in [3.05, 3.63) is 28.2 Å². The smallest absolute Gasteiger partial charge is 0.0383 e. The molecule has 0 saturated heterocycles. The summed E-state index contributed by atoms with van der Waals surface area (Å²) < 4.78 is 1.12. The molecule has 1 aromatic rings. The summed E-state index contributed by atoms with van der Waals surface area (Å²) in [6.45, 7) is 10.8. The molecule has 0 aliphatic rings. The summed E-state index contributed by atoms with van der Waals surface area (Å²) in [5.74, 6) is 0.654. The Morgan fingerprint density at radius 3 is 2.26 bits per heavy atom. The van der Waals surface area contributed by atoms with Crippen LogP contribution >= 0.6 is 15.9 Å². The molecule has 0 aliphatic carbocycles. The molecule has 1 rings (SSSR count). The lowest BCUT2D eigenvalue weighted by atomic mass is 10.1. The third-order valence-corrected chi connectivity index (χ3v) is 3.91. The Bertz CT molecular complexity index is 386. The van der Waals surface area contributed by atoms with E-state index in [1.54, 1.807) is 0 Å². The molecule has 19 heavy (non-hydrogen) atoms. The third-order valence-electron chi connectivity index (χ3n) is 3.45. The van der Waals surface area contributed by atoms with Crippen LogP contribution in [0.3, 0.4) is 0 Å². The van der Waals surface area contributed by atoms with Gasteiger partial charge in [0, 0.05) is 29.3 Å². The predicted octanol–water partition coefficient (Wildman–Crippen LogP) is 4.56. The van der Waals surface area contributed by atoms with Gasteiger partial charge in [-0.15, -0.1) is 0 Å². The number of benzene rings is 1. The number of anilines is 1. The Labute approximate surface area is 126 Å². The average Bonchev–Trinajstić information content (AvgIpc) is 2.37. The second-order valence-corrected chi connectivity index (χ2v) is 6.45. The highest BCUT2D eigenvalue weighted by Gasteiger charge is 2.17. The van der Waals surface area contributed by atoms with Gasteiger partial charge >= 0.3 is 0 Å². The van der Waals surface area contributed by atoms with E-state index < -0.39 is 0 Å². The molecule has 0 aliphatic heterocycles. The lowest BCUT2D eigenvalue weighted by Crippen LogP contribution is -2.37. The van der Waals surface area contributed by atoms with E-state index in [4.69, 9.17) is 5.73 Å². The summed E-state index contributed by atoms with van der Waals surface area (Å²) >= 11 is 3.60. The molecule has 0 fully saturated rings. The molecule has 0 spiro atoms. The fraction of sp³-hybridized carbons (Fsp3) is 0.625. The van der Waals surface area contributed by atoms with Crippen molar-refractivity contribution in [3.63, 3.8) is 0 Å². The van der Waals surface area contributed by atoms with E-state index in [-0.39, 0.29) is 0 Å². The van der Waals surface area contributed by atoms with Crippen LogP contribution in [0, 0.1) is 5.92 Å². The van der Waals surface area contributed by atoms with E-state index >= 15 is 0 Å². The van der Waals surface area contributed by atoms with Crippen molar-refractivity contribution >= 4 is 21.6 Å². The van der Waals surface area contributed by atoms with Gasteiger partial charge in [-0.3, -0.25) is 0 Å². The van der Waals surface area contributed by atoms with Crippen molar-refractivity contribution in [2.24, 2.45) is 11.7 Å². The topological polar surface area (TPSA) is 29.3 Å².